The Morgan fingerprint density at radius 3 is 2.94 bits per heavy atom. The Morgan fingerprint density at radius 1 is 1.56 bits per heavy atom. The van der Waals surface area contributed by atoms with Crippen LogP contribution < -0.4 is 5.32 Å². The van der Waals surface area contributed by atoms with E-state index >= 15 is 0 Å². The second kappa shape index (κ2) is 4.26. The maximum absolute atomic E-state index is 5.34. The maximum Gasteiger partial charge on any atom is 0.173 e. The van der Waals surface area contributed by atoms with Gasteiger partial charge in [-0.25, -0.2) is 0 Å². The first kappa shape index (κ1) is 11.1. The van der Waals surface area contributed by atoms with Crippen LogP contribution in [0.25, 0.3) is 6.08 Å². The number of nitrogens with zero attached hydrogens (tertiary/aromatic N) is 1. The van der Waals surface area contributed by atoms with Crippen LogP contribution in [0.4, 0.5) is 5.69 Å². The van der Waals surface area contributed by atoms with Gasteiger partial charge in [-0.2, -0.15) is 0 Å². The van der Waals surface area contributed by atoms with Crippen molar-refractivity contribution in [2.75, 3.05) is 11.9 Å². The molecule has 1 aliphatic heterocycles. The third-order valence-electron chi connectivity index (χ3n) is 3.07. The van der Waals surface area contributed by atoms with E-state index in [1.165, 1.54) is 5.56 Å². The fourth-order valence-corrected chi connectivity index (χ4v) is 2.51. The second-order valence-electron chi connectivity index (χ2n) is 3.94. The van der Waals surface area contributed by atoms with Crippen molar-refractivity contribution in [2.45, 2.75) is 19.9 Å². The van der Waals surface area contributed by atoms with Gasteiger partial charge in [0, 0.05) is 12.2 Å². The van der Waals surface area contributed by atoms with Crippen LogP contribution in [0.1, 0.15) is 31.0 Å². The van der Waals surface area contributed by atoms with E-state index in [9.17, 15) is 0 Å². The van der Waals surface area contributed by atoms with Crippen LogP contribution in [0.3, 0.4) is 0 Å². The number of thiocarbonyl (C=S) groups is 1. The van der Waals surface area contributed by atoms with Crippen molar-refractivity contribution >= 4 is 29.1 Å². The molecule has 0 amide bonds. The van der Waals surface area contributed by atoms with E-state index in [1.54, 1.807) is 0 Å². The van der Waals surface area contributed by atoms with Gasteiger partial charge in [0.05, 0.1) is 6.04 Å². The van der Waals surface area contributed by atoms with Gasteiger partial charge in [0.25, 0.3) is 0 Å². The average Bonchev–Trinajstić information content (AvgIpc) is 2.29. The van der Waals surface area contributed by atoms with Gasteiger partial charge in [-0.3, -0.25) is 0 Å². The molecule has 3 heteroatoms. The molecule has 84 valence electrons. The molecule has 0 spiro atoms. The Bertz CT molecular complexity index is 440. The lowest BCUT2D eigenvalue weighted by molar-refractivity contribution is 0.353. The van der Waals surface area contributed by atoms with E-state index in [-0.39, 0.29) is 0 Å². The number of benzene rings is 1. The van der Waals surface area contributed by atoms with E-state index < -0.39 is 0 Å². The lowest BCUT2D eigenvalue weighted by atomic mass is 10.00. The number of hydrogen-bond donors (Lipinski definition) is 1. The summed E-state index contributed by atoms with van der Waals surface area (Å²) in [6.07, 6.45) is 1.87. The summed E-state index contributed by atoms with van der Waals surface area (Å²) >= 11 is 5.34. The molecule has 0 bridgehead atoms. The fourth-order valence-electron chi connectivity index (χ4n) is 2.12. The first-order valence-corrected chi connectivity index (χ1v) is 5.92. The minimum atomic E-state index is 0.327. The van der Waals surface area contributed by atoms with E-state index in [0.29, 0.717) is 6.04 Å². The van der Waals surface area contributed by atoms with Crippen molar-refractivity contribution in [3.63, 3.8) is 0 Å². The number of nitrogens with one attached hydrogen (secondary N) is 1. The average molecular weight is 232 g/mol. The Kier molecular flexibility index (Phi) is 2.97. The summed E-state index contributed by atoms with van der Waals surface area (Å²) in [5, 5.41) is 4.08. The van der Waals surface area contributed by atoms with Crippen molar-refractivity contribution in [1.29, 1.82) is 0 Å². The third kappa shape index (κ3) is 1.71. The predicted molar refractivity (Wildman–Crippen MR) is 73.5 cm³/mol. The summed E-state index contributed by atoms with van der Waals surface area (Å²) in [4.78, 5) is 2.19. The molecule has 0 saturated heterocycles. The summed E-state index contributed by atoms with van der Waals surface area (Å²) in [7, 11) is 0. The van der Waals surface area contributed by atoms with Crippen molar-refractivity contribution in [3.8, 4) is 0 Å². The smallest absolute Gasteiger partial charge is 0.173 e. The summed E-state index contributed by atoms with van der Waals surface area (Å²) in [6.45, 7) is 9.02. The van der Waals surface area contributed by atoms with Gasteiger partial charge in [-0.15, -0.1) is 0 Å². The Morgan fingerprint density at radius 2 is 2.31 bits per heavy atom. The molecule has 1 aliphatic rings. The van der Waals surface area contributed by atoms with Gasteiger partial charge >= 0.3 is 0 Å². The summed E-state index contributed by atoms with van der Waals surface area (Å²) in [6, 6.07) is 6.62. The fraction of sp³-hybridized carbons (Fsp3) is 0.308. The number of rotatable bonds is 2. The van der Waals surface area contributed by atoms with Gasteiger partial charge in [0.1, 0.15) is 0 Å². The molecule has 1 N–H and O–H groups in total. The zero-order chi connectivity index (χ0) is 11.7. The van der Waals surface area contributed by atoms with Gasteiger partial charge < -0.3 is 10.2 Å². The van der Waals surface area contributed by atoms with E-state index in [1.807, 2.05) is 6.08 Å². The zero-order valence-corrected chi connectivity index (χ0v) is 10.5. The molecular weight excluding hydrogens is 216 g/mol. The van der Waals surface area contributed by atoms with Crippen molar-refractivity contribution < 1.29 is 0 Å². The summed E-state index contributed by atoms with van der Waals surface area (Å²) in [5.41, 5.74) is 3.55. The predicted octanol–water partition coefficient (Wildman–Crippen LogP) is 3.42. The molecule has 1 heterocycles. The van der Waals surface area contributed by atoms with E-state index in [0.717, 1.165) is 22.9 Å². The van der Waals surface area contributed by atoms with Crippen LogP contribution >= 0.6 is 12.2 Å². The van der Waals surface area contributed by atoms with Crippen molar-refractivity contribution in [2.24, 2.45) is 0 Å². The molecule has 0 aromatic heterocycles. The topological polar surface area (TPSA) is 15.3 Å². The minimum Gasteiger partial charge on any atom is -0.342 e. The van der Waals surface area contributed by atoms with E-state index in [4.69, 9.17) is 12.2 Å². The zero-order valence-electron chi connectivity index (χ0n) is 9.66. The largest absolute Gasteiger partial charge is 0.342 e. The van der Waals surface area contributed by atoms with Gasteiger partial charge in [0.2, 0.25) is 0 Å². The molecule has 0 fully saturated rings. The number of anilines is 1. The number of fused-ring (bicyclic) bond motifs is 1. The van der Waals surface area contributed by atoms with Gasteiger partial charge in [-0.05, 0) is 49.3 Å². The summed E-state index contributed by atoms with van der Waals surface area (Å²) < 4.78 is 0. The maximum atomic E-state index is 5.34. The molecule has 0 radical (unpaired) electrons. The molecule has 2 nitrogen and oxygen atoms in total. The molecule has 1 unspecified atom stereocenters. The SMILES string of the molecule is C=Cc1ccc2c(c1)C(C)N(CC)C(=S)N2. The Balaban J connectivity index is 2.47. The molecule has 0 aliphatic carbocycles. The molecule has 16 heavy (non-hydrogen) atoms. The highest BCUT2D eigenvalue weighted by Gasteiger charge is 2.25. The van der Waals surface area contributed by atoms with Crippen LogP contribution in [0.2, 0.25) is 0 Å². The van der Waals surface area contributed by atoms with Gasteiger partial charge in [-0.1, -0.05) is 18.7 Å². The standard InChI is InChI=1S/C13H16N2S/c1-4-10-6-7-12-11(8-10)9(3)15(5-2)13(16)14-12/h4,6-9H,1,5H2,2-3H3,(H,14,16). The normalized spacial score (nSPS) is 19.0. The molecule has 2 rings (SSSR count). The Hall–Kier alpha value is -1.35. The second-order valence-corrected chi connectivity index (χ2v) is 4.33. The van der Waals surface area contributed by atoms with E-state index in [2.05, 4.69) is 48.8 Å². The van der Waals surface area contributed by atoms with Crippen molar-refractivity contribution in [1.82, 2.24) is 4.90 Å². The van der Waals surface area contributed by atoms with Crippen LogP contribution in [-0.2, 0) is 0 Å². The Labute approximate surface area is 102 Å². The third-order valence-corrected chi connectivity index (χ3v) is 3.41. The first-order chi connectivity index (χ1) is 7.67. The molecule has 1 aromatic rings. The van der Waals surface area contributed by atoms with Crippen molar-refractivity contribution in [3.05, 3.63) is 35.9 Å². The van der Waals surface area contributed by atoms with Crippen LogP contribution in [-0.4, -0.2) is 16.6 Å². The lowest BCUT2D eigenvalue weighted by Crippen LogP contribution is -2.40. The first-order valence-electron chi connectivity index (χ1n) is 5.51. The highest BCUT2D eigenvalue weighted by molar-refractivity contribution is 7.80. The molecular formula is C13H16N2S. The molecule has 1 atom stereocenters. The molecule has 1 aromatic carbocycles. The number of hydrogen-bond acceptors (Lipinski definition) is 1. The quantitative estimate of drug-likeness (QED) is 0.787. The monoisotopic (exact) mass is 232 g/mol. The highest BCUT2D eigenvalue weighted by Crippen LogP contribution is 2.33. The molecule has 0 saturated carbocycles. The minimum absolute atomic E-state index is 0.327. The van der Waals surface area contributed by atoms with Gasteiger partial charge in [0.15, 0.2) is 5.11 Å². The van der Waals surface area contributed by atoms with Crippen LogP contribution in [0, 0.1) is 0 Å². The lowest BCUT2D eigenvalue weighted by Gasteiger charge is -2.37. The summed E-state index contributed by atoms with van der Waals surface area (Å²) in [5.74, 6) is 0. The van der Waals surface area contributed by atoms with Crippen LogP contribution in [0.15, 0.2) is 24.8 Å². The highest BCUT2D eigenvalue weighted by atomic mass is 32.1. The van der Waals surface area contributed by atoms with Crippen LogP contribution in [0.5, 0.6) is 0 Å².